The van der Waals surface area contributed by atoms with E-state index in [0.717, 1.165) is 6.42 Å². The van der Waals surface area contributed by atoms with E-state index in [1.807, 2.05) is 0 Å². The molecule has 1 aromatic carbocycles. The lowest BCUT2D eigenvalue weighted by Gasteiger charge is -2.22. The molecule has 2 rings (SSSR count). The zero-order valence-corrected chi connectivity index (χ0v) is 16.8. The second-order valence-electron chi connectivity index (χ2n) is 6.93. The lowest BCUT2D eigenvalue weighted by Crippen LogP contribution is -2.40. The summed E-state index contributed by atoms with van der Waals surface area (Å²) in [5, 5.41) is 9.66. The van der Waals surface area contributed by atoms with Crippen LogP contribution in [0.5, 0.6) is 11.5 Å². The fourth-order valence-electron chi connectivity index (χ4n) is 2.97. The molecule has 1 heterocycles. The van der Waals surface area contributed by atoms with Crippen molar-refractivity contribution in [2.24, 2.45) is 5.92 Å². The van der Waals surface area contributed by atoms with Gasteiger partial charge in [0.25, 0.3) is 5.91 Å². The van der Waals surface area contributed by atoms with Gasteiger partial charge in [0.2, 0.25) is 0 Å². The number of hydrogen-bond acceptors (Lipinski definition) is 5. The highest BCUT2D eigenvalue weighted by molar-refractivity contribution is 6.32. The van der Waals surface area contributed by atoms with E-state index in [9.17, 15) is 14.7 Å². The Kier molecular flexibility index (Phi) is 7.33. The topological polar surface area (TPSA) is 85.3 Å². The molecule has 1 amide bonds. The van der Waals surface area contributed by atoms with Crippen molar-refractivity contribution >= 4 is 23.5 Å². The number of carboxylic acid groups (broad SMARTS) is 1. The Hall–Kier alpha value is -1.99. The van der Waals surface area contributed by atoms with Gasteiger partial charge in [-0.2, -0.15) is 0 Å². The smallest absolute Gasteiger partial charge is 0.326 e. The summed E-state index contributed by atoms with van der Waals surface area (Å²) in [5.41, 5.74) is 0.246. The molecule has 8 heteroatoms. The number of aliphatic carboxylic acids is 1. The first-order valence-corrected chi connectivity index (χ1v) is 9.23. The molecule has 1 N–H and O–H groups in total. The summed E-state index contributed by atoms with van der Waals surface area (Å²) in [6.45, 7) is 4.86. The number of nitrogens with zero attached hydrogens (tertiary/aromatic N) is 1. The molecule has 1 aromatic rings. The van der Waals surface area contributed by atoms with Crippen molar-refractivity contribution in [3.63, 3.8) is 0 Å². The summed E-state index contributed by atoms with van der Waals surface area (Å²) in [5.74, 6) is -0.302. The molecular weight excluding hydrogens is 374 g/mol. The van der Waals surface area contributed by atoms with E-state index >= 15 is 0 Å². The van der Waals surface area contributed by atoms with Gasteiger partial charge in [-0.15, -0.1) is 0 Å². The number of halogens is 1. The first kappa shape index (κ1) is 21.3. The van der Waals surface area contributed by atoms with E-state index in [1.165, 1.54) is 31.3 Å². The summed E-state index contributed by atoms with van der Waals surface area (Å²) in [6.07, 6.45) is 0.789. The van der Waals surface area contributed by atoms with Crippen LogP contribution in [-0.4, -0.2) is 61.4 Å². The third-order valence-electron chi connectivity index (χ3n) is 4.56. The van der Waals surface area contributed by atoms with Gasteiger partial charge in [0, 0.05) is 25.6 Å². The van der Waals surface area contributed by atoms with Gasteiger partial charge in [-0.1, -0.05) is 25.4 Å². The molecule has 0 spiro atoms. The van der Waals surface area contributed by atoms with Crippen molar-refractivity contribution in [3.05, 3.63) is 22.7 Å². The molecule has 1 saturated heterocycles. The molecule has 1 aliphatic rings. The first-order valence-electron chi connectivity index (χ1n) is 8.85. The number of likely N-dealkylation sites (tertiary alicyclic amines) is 1. The van der Waals surface area contributed by atoms with E-state index in [4.69, 9.17) is 25.8 Å². The SMILES string of the molecule is COc1cc(C(=O)N2CC(OC)CC2C(=O)O)cc(Cl)c1OCCC(C)C. The Bertz CT molecular complexity index is 693. The number of amides is 1. The normalized spacial score (nSPS) is 19.4. The quantitative estimate of drug-likeness (QED) is 0.723. The molecule has 1 fully saturated rings. The molecule has 0 saturated carbocycles. The fraction of sp³-hybridized carbons (Fsp3) is 0.579. The van der Waals surface area contributed by atoms with Crippen molar-refractivity contribution in [1.82, 2.24) is 4.90 Å². The minimum atomic E-state index is -1.06. The highest BCUT2D eigenvalue weighted by Gasteiger charge is 2.40. The Morgan fingerprint density at radius 1 is 1.33 bits per heavy atom. The van der Waals surface area contributed by atoms with Crippen LogP contribution < -0.4 is 9.47 Å². The van der Waals surface area contributed by atoms with Crippen molar-refractivity contribution in [2.45, 2.75) is 38.8 Å². The number of ether oxygens (including phenoxy) is 3. The molecule has 0 bridgehead atoms. The molecule has 2 atom stereocenters. The molecule has 0 aromatic heterocycles. The molecule has 27 heavy (non-hydrogen) atoms. The maximum Gasteiger partial charge on any atom is 0.326 e. The van der Waals surface area contributed by atoms with E-state index in [-0.39, 0.29) is 29.7 Å². The minimum absolute atomic E-state index is 0.207. The molecule has 1 aliphatic heterocycles. The average Bonchev–Trinajstić information content (AvgIpc) is 3.06. The number of benzene rings is 1. The molecular formula is C19H26ClNO6. The molecule has 150 valence electrons. The van der Waals surface area contributed by atoms with Crippen LogP contribution >= 0.6 is 11.6 Å². The van der Waals surface area contributed by atoms with Gasteiger partial charge >= 0.3 is 5.97 Å². The highest BCUT2D eigenvalue weighted by atomic mass is 35.5. The largest absolute Gasteiger partial charge is 0.493 e. The highest BCUT2D eigenvalue weighted by Crippen LogP contribution is 2.37. The Morgan fingerprint density at radius 2 is 2.04 bits per heavy atom. The second-order valence-corrected chi connectivity index (χ2v) is 7.33. The van der Waals surface area contributed by atoms with Gasteiger partial charge in [-0.05, 0) is 24.5 Å². The third kappa shape index (κ3) is 5.05. The standard InChI is InChI=1S/C19H26ClNO6/c1-11(2)5-6-27-17-14(20)7-12(8-16(17)26-4)18(22)21-10-13(25-3)9-15(21)19(23)24/h7-8,11,13,15H,5-6,9-10H2,1-4H3,(H,23,24). The molecule has 7 nitrogen and oxygen atoms in total. The number of methoxy groups -OCH3 is 2. The lowest BCUT2D eigenvalue weighted by molar-refractivity contribution is -0.141. The van der Waals surface area contributed by atoms with Gasteiger partial charge in [-0.3, -0.25) is 4.79 Å². The van der Waals surface area contributed by atoms with Crippen LogP contribution in [0.2, 0.25) is 5.02 Å². The van der Waals surface area contributed by atoms with E-state index in [2.05, 4.69) is 13.8 Å². The molecule has 0 radical (unpaired) electrons. The Balaban J connectivity index is 2.26. The molecule has 2 unspecified atom stereocenters. The van der Waals surface area contributed by atoms with Gasteiger partial charge in [0.15, 0.2) is 11.5 Å². The summed E-state index contributed by atoms with van der Waals surface area (Å²) in [6, 6.07) is 2.07. The predicted molar refractivity (Wildman–Crippen MR) is 101 cm³/mol. The number of carbonyl (C=O) groups excluding carboxylic acids is 1. The lowest BCUT2D eigenvalue weighted by atomic mass is 10.1. The minimum Gasteiger partial charge on any atom is -0.493 e. The van der Waals surface area contributed by atoms with Crippen LogP contribution in [0, 0.1) is 5.92 Å². The summed E-state index contributed by atoms with van der Waals surface area (Å²) in [7, 11) is 2.97. The van der Waals surface area contributed by atoms with Crippen LogP contribution in [-0.2, 0) is 9.53 Å². The third-order valence-corrected chi connectivity index (χ3v) is 4.84. The van der Waals surface area contributed by atoms with E-state index < -0.39 is 17.9 Å². The van der Waals surface area contributed by atoms with Crippen molar-refractivity contribution in [3.8, 4) is 11.5 Å². The van der Waals surface area contributed by atoms with Gasteiger partial charge in [0.1, 0.15) is 6.04 Å². The van der Waals surface area contributed by atoms with Crippen LogP contribution in [0.25, 0.3) is 0 Å². The van der Waals surface area contributed by atoms with Crippen LogP contribution in [0.1, 0.15) is 37.0 Å². The number of carboxylic acids is 1. The Labute approximate surface area is 164 Å². The zero-order valence-electron chi connectivity index (χ0n) is 16.0. The van der Waals surface area contributed by atoms with Gasteiger partial charge < -0.3 is 24.2 Å². The average molecular weight is 400 g/mol. The van der Waals surface area contributed by atoms with E-state index in [1.54, 1.807) is 0 Å². The number of rotatable bonds is 8. The monoisotopic (exact) mass is 399 g/mol. The fourth-order valence-corrected chi connectivity index (χ4v) is 3.24. The predicted octanol–water partition coefficient (Wildman–Crippen LogP) is 3.09. The summed E-state index contributed by atoms with van der Waals surface area (Å²) in [4.78, 5) is 25.7. The van der Waals surface area contributed by atoms with Gasteiger partial charge in [0.05, 0.1) is 24.8 Å². The van der Waals surface area contributed by atoms with Crippen LogP contribution in [0.3, 0.4) is 0 Å². The second kappa shape index (κ2) is 9.28. The first-order chi connectivity index (χ1) is 12.8. The van der Waals surface area contributed by atoms with E-state index in [0.29, 0.717) is 24.0 Å². The van der Waals surface area contributed by atoms with Crippen LogP contribution in [0.15, 0.2) is 12.1 Å². The van der Waals surface area contributed by atoms with Gasteiger partial charge in [-0.25, -0.2) is 4.79 Å². The van der Waals surface area contributed by atoms with Crippen LogP contribution in [0.4, 0.5) is 0 Å². The number of hydrogen-bond donors (Lipinski definition) is 1. The van der Waals surface area contributed by atoms with Crippen molar-refractivity contribution in [2.75, 3.05) is 27.4 Å². The summed E-state index contributed by atoms with van der Waals surface area (Å²) < 4.78 is 16.3. The summed E-state index contributed by atoms with van der Waals surface area (Å²) >= 11 is 6.32. The number of carbonyl (C=O) groups is 2. The zero-order chi connectivity index (χ0) is 20.1. The maximum absolute atomic E-state index is 12.9. The van der Waals surface area contributed by atoms with Crippen molar-refractivity contribution in [1.29, 1.82) is 0 Å². The molecule has 0 aliphatic carbocycles. The van der Waals surface area contributed by atoms with Crippen molar-refractivity contribution < 1.29 is 28.9 Å². The Morgan fingerprint density at radius 3 is 2.59 bits per heavy atom. The maximum atomic E-state index is 12.9.